The zero-order chi connectivity index (χ0) is 19.5. The normalized spacial score (nSPS) is 23.0. The summed E-state index contributed by atoms with van der Waals surface area (Å²) in [5.74, 6) is -0.123. The van der Waals surface area contributed by atoms with E-state index in [0.717, 1.165) is 0 Å². The Morgan fingerprint density at radius 3 is 2.15 bits per heavy atom. The van der Waals surface area contributed by atoms with E-state index in [1.54, 1.807) is 26.0 Å². The molecule has 1 aromatic rings. The Morgan fingerprint density at radius 2 is 1.65 bits per heavy atom. The van der Waals surface area contributed by atoms with Crippen LogP contribution in [0.15, 0.2) is 29.2 Å². The van der Waals surface area contributed by atoms with E-state index < -0.39 is 10.0 Å². The molecule has 0 saturated carbocycles. The van der Waals surface area contributed by atoms with Gasteiger partial charge in [-0.25, -0.2) is 13.1 Å². The van der Waals surface area contributed by atoms with Crippen molar-refractivity contribution >= 4 is 21.6 Å². The van der Waals surface area contributed by atoms with E-state index in [4.69, 9.17) is 4.74 Å². The zero-order valence-corrected chi connectivity index (χ0v) is 16.8. The Kier molecular flexibility index (Phi) is 6.79. The molecule has 3 atom stereocenters. The largest absolute Gasteiger partial charge is 0.373 e. The van der Waals surface area contributed by atoms with Gasteiger partial charge < -0.3 is 10.1 Å². The van der Waals surface area contributed by atoms with Crippen molar-refractivity contribution in [3.05, 3.63) is 24.3 Å². The molecule has 1 amide bonds. The van der Waals surface area contributed by atoms with E-state index in [2.05, 4.69) is 14.9 Å². The standard InChI is InChI=1S/C18H29N3O4S/c1-12(2)20-26(23,24)17-8-6-16(7-9-17)19-18(22)15(5)21-10-13(3)25-14(4)11-21/h6-9,12-15,20H,10-11H2,1-5H3,(H,19,22)/t13-,14+,15-/m0/s1. The lowest BCUT2D eigenvalue weighted by Gasteiger charge is -2.38. The molecule has 2 N–H and O–H groups in total. The fraction of sp³-hybridized carbons (Fsp3) is 0.611. The number of carbonyl (C=O) groups is 1. The molecule has 0 radical (unpaired) electrons. The van der Waals surface area contributed by atoms with E-state index in [1.807, 2.05) is 20.8 Å². The fourth-order valence-corrected chi connectivity index (χ4v) is 4.29. The highest BCUT2D eigenvalue weighted by atomic mass is 32.2. The zero-order valence-electron chi connectivity index (χ0n) is 16.0. The summed E-state index contributed by atoms with van der Waals surface area (Å²) < 4.78 is 32.5. The lowest BCUT2D eigenvalue weighted by atomic mass is 10.1. The molecule has 2 rings (SSSR count). The molecule has 26 heavy (non-hydrogen) atoms. The third-order valence-corrected chi connectivity index (χ3v) is 5.87. The summed E-state index contributed by atoms with van der Waals surface area (Å²) in [6.45, 7) is 10.8. The van der Waals surface area contributed by atoms with Crippen LogP contribution in [0.5, 0.6) is 0 Å². The second kappa shape index (κ2) is 8.47. The second-order valence-electron chi connectivity index (χ2n) is 7.18. The van der Waals surface area contributed by atoms with Crippen LogP contribution in [0.1, 0.15) is 34.6 Å². The molecule has 7 nitrogen and oxygen atoms in total. The maximum absolute atomic E-state index is 12.5. The lowest BCUT2D eigenvalue weighted by molar-refractivity contribution is -0.126. The van der Waals surface area contributed by atoms with Crippen molar-refractivity contribution in [2.24, 2.45) is 0 Å². The first-order chi connectivity index (χ1) is 12.1. The highest BCUT2D eigenvalue weighted by Gasteiger charge is 2.29. The fourth-order valence-electron chi connectivity index (χ4n) is 3.04. The topological polar surface area (TPSA) is 87.7 Å². The molecule has 1 heterocycles. The van der Waals surface area contributed by atoms with Gasteiger partial charge in [0, 0.05) is 24.8 Å². The van der Waals surface area contributed by atoms with Crippen molar-refractivity contribution in [1.82, 2.24) is 9.62 Å². The number of hydrogen-bond acceptors (Lipinski definition) is 5. The van der Waals surface area contributed by atoms with E-state index in [-0.39, 0.29) is 35.1 Å². The molecule has 0 spiro atoms. The molecular weight excluding hydrogens is 354 g/mol. The smallest absolute Gasteiger partial charge is 0.241 e. The van der Waals surface area contributed by atoms with Crippen LogP contribution in [-0.4, -0.2) is 56.6 Å². The average Bonchev–Trinajstić information content (AvgIpc) is 2.52. The number of morpholine rings is 1. The van der Waals surface area contributed by atoms with Crippen LogP contribution in [0, 0.1) is 0 Å². The predicted molar refractivity (Wildman–Crippen MR) is 102 cm³/mol. The number of anilines is 1. The van der Waals surface area contributed by atoms with Crippen LogP contribution >= 0.6 is 0 Å². The number of ether oxygens (including phenoxy) is 1. The van der Waals surface area contributed by atoms with Crippen LogP contribution in [-0.2, 0) is 19.6 Å². The Bertz CT molecular complexity index is 708. The minimum Gasteiger partial charge on any atom is -0.373 e. The van der Waals surface area contributed by atoms with Gasteiger partial charge in [0.25, 0.3) is 0 Å². The van der Waals surface area contributed by atoms with Gasteiger partial charge in [-0.05, 0) is 58.9 Å². The van der Waals surface area contributed by atoms with Crippen molar-refractivity contribution in [2.45, 2.75) is 63.8 Å². The number of nitrogens with one attached hydrogen (secondary N) is 2. The molecule has 1 aromatic carbocycles. The number of rotatable bonds is 6. The summed E-state index contributed by atoms with van der Waals surface area (Å²) in [6.07, 6.45) is 0.180. The maximum Gasteiger partial charge on any atom is 0.241 e. The van der Waals surface area contributed by atoms with Crippen molar-refractivity contribution in [3.8, 4) is 0 Å². The van der Waals surface area contributed by atoms with Crippen molar-refractivity contribution in [3.63, 3.8) is 0 Å². The first-order valence-electron chi connectivity index (χ1n) is 8.91. The van der Waals surface area contributed by atoms with Gasteiger partial charge in [0.05, 0.1) is 23.1 Å². The van der Waals surface area contributed by atoms with Crippen molar-refractivity contribution in [1.29, 1.82) is 0 Å². The van der Waals surface area contributed by atoms with Crippen LogP contribution in [0.4, 0.5) is 5.69 Å². The first kappa shape index (κ1) is 20.8. The highest BCUT2D eigenvalue weighted by Crippen LogP contribution is 2.17. The van der Waals surface area contributed by atoms with Crippen LogP contribution in [0.25, 0.3) is 0 Å². The molecule has 1 aliphatic heterocycles. The van der Waals surface area contributed by atoms with Gasteiger partial charge >= 0.3 is 0 Å². The summed E-state index contributed by atoms with van der Waals surface area (Å²) >= 11 is 0. The summed E-state index contributed by atoms with van der Waals surface area (Å²) in [5, 5.41) is 2.85. The molecule has 0 bridgehead atoms. The van der Waals surface area contributed by atoms with Gasteiger partial charge in [-0.3, -0.25) is 9.69 Å². The third-order valence-electron chi connectivity index (χ3n) is 4.20. The molecule has 0 unspecified atom stereocenters. The van der Waals surface area contributed by atoms with Gasteiger partial charge in [0.2, 0.25) is 15.9 Å². The van der Waals surface area contributed by atoms with Crippen LogP contribution < -0.4 is 10.0 Å². The second-order valence-corrected chi connectivity index (χ2v) is 8.89. The summed E-state index contributed by atoms with van der Waals surface area (Å²) in [4.78, 5) is 14.8. The van der Waals surface area contributed by atoms with E-state index in [0.29, 0.717) is 18.8 Å². The van der Waals surface area contributed by atoms with E-state index in [1.165, 1.54) is 12.1 Å². The van der Waals surface area contributed by atoms with Gasteiger partial charge in [-0.1, -0.05) is 0 Å². The molecule has 8 heteroatoms. The van der Waals surface area contributed by atoms with E-state index >= 15 is 0 Å². The first-order valence-corrected chi connectivity index (χ1v) is 10.4. The lowest BCUT2D eigenvalue weighted by Crippen LogP contribution is -2.52. The minimum absolute atomic E-state index is 0.0898. The number of amides is 1. The predicted octanol–water partition coefficient (Wildman–Crippen LogP) is 1.81. The Labute approximate surface area is 156 Å². The molecule has 1 aliphatic rings. The minimum atomic E-state index is -3.54. The number of sulfonamides is 1. The molecule has 0 aliphatic carbocycles. The Morgan fingerprint density at radius 1 is 1.12 bits per heavy atom. The molecule has 146 valence electrons. The molecule has 0 aromatic heterocycles. The quantitative estimate of drug-likeness (QED) is 0.782. The van der Waals surface area contributed by atoms with Gasteiger partial charge in [-0.15, -0.1) is 0 Å². The van der Waals surface area contributed by atoms with E-state index in [9.17, 15) is 13.2 Å². The Balaban J connectivity index is 2.01. The van der Waals surface area contributed by atoms with Gasteiger partial charge in [0.15, 0.2) is 0 Å². The number of carbonyl (C=O) groups excluding carboxylic acids is 1. The average molecular weight is 384 g/mol. The number of nitrogens with zero attached hydrogens (tertiary/aromatic N) is 1. The van der Waals surface area contributed by atoms with Crippen LogP contribution in [0.2, 0.25) is 0 Å². The van der Waals surface area contributed by atoms with Crippen molar-refractivity contribution in [2.75, 3.05) is 18.4 Å². The van der Waals surface area contributed by atoms with Gasteiger partial charge in [0.1, 0.15) is 0 Å². The summed E-state index contributed by atoms with van der Waals surface area (Å²) in [7, 11) is -3.54. The van der Waals surface area contributed by atoms with Gasteiger partial charge in [-0.2, -0.15) is 0 Å². The molecule has 1 saturated heterocycles. The van der Waals surface area contributed by atoms with Crippen LogP contribution in [0.3, 0.4) is 0 Å². The third kappa shape index (κ3) is 5.51. The number of benzene rings is 1. The number of hydrogen-bond donors (Lipinski definition) is 2. The monoisotopic (exact) mass is 383 g/mol. The summed E-state index contributed by atoms with van der Waals surface area (Å²) in [5.41, 5.74) is 0.569. The Hall–Kier alpha value is -1.48. The summed E-state index contributed by atoms with van der Waals surface area (Å²) in [6, 6.07) is 5.70. The maximum atomic E-state index is 12.5. The van der Waals surface area contributed by atoms with Crippen molar-refractivity contribution < 1.29 is 17.9 Å². The highest BCUT2D eigenvalue weighted by molar-refractivity contribution is 7.89. The molecule has 1 fully saturated rings. The molecular formula is C18H29N3O4S. The SMILES string of the molecule is CC(C)NS(=O)(=O)c1ccc(NC(=O)[C@H](C)N2C[C@@H](C)O[C@@H](C)C2)cc1.